The first-order chi connectivity index (χ1) is 6.31. The van der Waals surface area contributed by atoms with E-state index in [-0.39, 0.29) is 18.2 Å². The van der Waals surface area contributed by atoms with Crippen LogP contribution >= 0.6 is 12.4 Å². The smallest absolute Gasteiger partial charge is 0.376 e. The van der Waals surface area contributed by atoms with Crippen molar-refractivity contribution < 1.29 is 9.53 Å². The topological polar surface area (TPSA) is 64.1 Å². The lowest BCUT2D eigenvalue weighted by atomic mass is 10.3. The molecule has 2 rings (SSSR count). The summed E-state index contributed by atoms with van der Waals surface area (Å²) >= 11 is 0. The molecular weight excluding hydrogens is 206 g/mol. The van der Waals surface area contributed by atoms with Crippen LogP contribution in [-0.2, 0) is 11.2 Å². The van der Waals surface area contributed by atoms with E-state index in [2.05, 4.69) is 20.0 Å². The predicted molar refractivity (Wildman–Crippen MR) is 52.8 cm³/mol. The standard InChI is InChI=1S/C8H9N3O2.ClH/c1-13-8(12)7-10-4-5-2-3-9-6(5)11-7;/h4H,2-3H2,1H3,(H,9,10,11);1H. The summed E-state index contributed by atoms with van der Waals surface area (Å²) in [6.07, 6.45) is 2.57. The second-order valence-corrected chi connectivity index (χ2v) is 2.74. The Labute approximate surface area is 87.3 Å². The zero-order valence-corrected chi connectivity index (χ0v) is 8.43. The van der Waals surface area contributed by atoms with Gasteiger partial charge in [0.05, 0.1) is 7.11 Å². The van der Waals surface area contributed by atoms with Crippen LogP contribution in [0.3, 0.4) is 0 Å². The minimum Gasteiger partial charge on any atom is -0.463 e. The van der Waals surface area contributed by atoms with Crippen LogP contribution in [0.15, 0.2) is 6.20 Å². The van der Waals surface area contributed by atoms with Gasteiger partial charge in [0, 0.05) is 18.3 Å². The van der Waals surface area contributed by atoms with Crippen LogP contribution in [-0.4, -0.2) is 29.6 Å². The van der Waals surface area contributed by atoms with Gasteiger partial charge in [-0.25, -0.2) is 14.8 Å². The van der Waals surface area contributed by atoms with Gasteiger partial charge in [0.15, 0.2) is 0 Å². The Kier molecular flexibility index (Phi) is 3.24. The fourth-order valence-corrected chi connectivity index (χ4v) is 1.25. The van der Waals surface area contributed by atoms with Crippen LogP contribution in [0.5, 0.6) is 0 Å². The molecule has 0 fully saturated rings. The number of methoxy groups -OCH3 is 1. The van der Waals surface area contributed by atoms with Crippen LogP contribution in [0.4, 0.5) is 5.82 Å². The van der Waals surface area contributed by atoms with Gasteiger partial charge >= 0.3 is 5.97 Å². The minimum atomic E-state index is -0.503. The Hall–Kier alpha value is -1.36. The molecule has 2 heterocycles. The summed E-state index contributed by atoms with van der Waals surface area (Å²) in [5.41, 5.74) is 1.05. The number of carbonyl (C=O) groups is 1. The van der Waals surface area contributed by atoms with Crippen LogP contribution in [0, 0.1) is 0 Å². The van der Waals surface area contributed by atoms with Crippen LogP contribution in [0.1, 0.15) is 16.2 Å². The molecule has 0 saturated heterocycles. The maximum atomic E-state index is 11.0. The second-order valence-electron chi connectivity index (χ2n) is 2.74. The quantitative estimate of drug-likeness (QED) is 0.697. The Morgan fingerprint density at radius 3 is 3.14 bits per heavy atom. The van der Waals surface area contributed by atoms with Crippen molar-refractivity contribution >= 4 is 24.2 Å². The maximum Gasteiger partial charge on any atom is 0.376 e. The van der Waals surface area contributed by atoms with Crippen molar-refractivity contribution in [2.75, 3.05) is 19.0 Å². The van der Waals surface area contributed by atoms with Crippen molar-refractivity contribution in [2.24, 2.45) is 0 Å². The van der Waals surface area contributed by atoms with Gasteiger partial charge in [-0.15, -0.1) is 12.4 Å². The molecule has 0 amide bonds. The van der Waals surface area contributed by atoms with Gasteiger partial charge in [0.2, 0.25) is 5.82 Å². The summed E-state index contributed by atoms with van der Waals surface area (Å²) in [7, 11) is 1.31. The third-order valence-corrected chi connectivity index (χ3v) is 1.92. The molecule has 6 heteroatoms. The Bertz CT molecular complexity index is 356. The summed E-state index contributed by atoms with van der Waals surface area (Å²) < 4.78 is 4.50. The summed E-state index contributed by atoms with van der Waals surface area (Å²) in [6.45, 7) is 0.856. The summed E-state index contributed by atoms with van der Waals surface area (Å²) in [5, 5.41) is 3.06. The van der Waals surface area contributed by atoms with Crippen molar-refractivity contribution in [1.29, 1.82) is 0 Å². The average molecular weight is 216 g/mol. The third-order valence-electron chi connectivity index (χ3n) is 1.92. The molecule has 0 radical (unpaired) electrons. The highest BCUT2D eigenvalue weighted by Gasteiger charge is 2.16. The normalized spacial score (nSPS) is 12.4. The molecule has 1 aliphatic heterocycles. The van der Waals surface area contributed by atoms with E-state index in [1.54, 1.807) is 6.20 Å². The van der Waals surface area contributed by atoms with E-state index in [1.165, 1.54) is 7.11 Å². The molecule has 0 atom stereocenters. The zero-order chi connectivity index (χ0) is 9.26. The van der Waals surface area contributed by atoms with Crippen molar-refractivity contribution in [3.8, 4) is 0 Å². The van der Waals surface area contributed by atoms with Crippen LogP contribution < -0.4 is 5.32 Å². The number of hydrogen-bond donors (Lipinski definition) is 1. The molecular formula is C8H10ClN3O2. The van der Waals surface area contributed by atoms with Gasteiger partial charge in [0.25, 0.3) is 0 Å². The highest BCUT2D eigenvalue weighted by Crippen LogP contribution is 2.17. The fraction of sp³-hybridized carbons (Fsp3) is 0.375. The summed E-state index contributed by atoms with van der Waals surface area (Å²) in [4.78, 5) is 19.0. The van der Waals surface area contributed by atoms with Crippen molar-refractivity contribution in [3.05, 3.63) is 17.6 Å². The molecule has 0 aliphatic carbocycles. The first-order valence-corrected chi connectivity index (χ1v) is 3.99. The maximum absolute atomic E-state index is 11.0. The molecule has 76 valence electrons. The lowest BCUT2D eigenvalue weighted by molar-refractivity contribution is 0.0587. The summed E-state index contributed by atoms with van der Waals surface area (Å²) in [5.74, 6) is 0.350. The summed E-state index contributed by atoms with van der Waals surface area (Å²) in [6, 6.07) is 0. The van der Waals surface area contributed by atoms with Gasteiger partial charge in [-0.05, 0) is 6.42 Å². The van der Waals surface area contributed by atoms with Crippen LogP contribution in [0.25, 0.3) is 0 Å². The van der Waals surface area contributed by atoms with Crippen LogP contribution in [0.2, 0.25) is 0 Å². The number of fused-ring (bicyclic) bond motifs is 1. The first-order valence-electron chi connectivity index (χ1n) is 3.99. The largest absolute Gasteiger partial charge is 0.463 e. The molecule has 0 unspecified atom stereocenters. The lowest BCUT2D eigenvalue weighted by Gasteiger charge is -2.00. The van der Waals surface area contributed by atoms with E-state index >= 15 is 0 Å². The molecule has 0 bridgehead atoms. The minimum absolute atomic E-state index is 0. The number of carbonyl (C=O) groups excluding carboxylic acids is 1. The van der Waals surface area contributed by atoms with Gasteiger partial charge in [-0.3, -0.25) is 0 Å². The molecule has 0 aromatic carbocycles. The molecule has 0 spiro atoms. The molecule has 1 aliphatic rings. The second kappa shape index (κ2) is 4.23. The fourth-order valence-electron chi connectivity index (χ4n) is 1.25. The predicted octanol–water partition coefficient (Wildman–Crippen LogP) is 0.653. The van der Waals surface area contributed by atoms with Gasteiger partial charge in [-0.1, -0.05) is 0 Å². The van der Waals surface area contributed by atoms with E-state index in [0.29, 0.717) is 0 Å². The highest BCUT2D eigenvalue weighted by atomic mass is 35.5. The Morgan fingerprint density at radius 2 is 2.43 bits per heavy atom. The van der Waals surface area contributed by atoms with Gasteiger partial charge < -0.3 is 10.1 Å². The molecule has 14 heavy (non-hydrogen) atoms. The number of anilines is 1. The lowest BCUT2D eigenvalue weighted by Crippen LogP contribution is -2.08. The number of hydrogen-bond acceptors (Lipinski definition) is 5. The van der Waals surface area contributed by atoms with E-state index in [4.69, 9.17) is 0 Å². The number of aromatic nitrogens is 2. The molecule has 5 nitrogen and oxygen atoms in total. The van der Waals surface area contributed by atoms with E-state index in [0.717, 1.165) is 24.3 Å². The number of rotatable bonds is 1. The molecule has 1 aromatic rings. The van der Waals surface area contributed by atoms with Gasteiger partial charge in [0.1, 0.15) is 5.82 Å². The Morgan fingerprint density at radius 1 is 1.64 bits per heavy atom. The first kappa shape index (κ1) is 10.7. The SMILES string of the molecule is COC(=O)c1ncc2c(n1)NCC2.Cl. The van der Waals surface area contributed by atoms with E-state index < -0.39 is 5.97 Å². The van der Waals surface area contributed by atoms with Crippen molar-refractivity contribution in [2.45, 2.75) is 6.42 Å². The van der Waals surface area contributed by atoms with Crippen molar-refractivity contribution in [3.63, 3.8) is 0 Å². The van der Waals surface area contributed by atoms with E-state index in [1.807, 2.05) is 0 Å². The number of esters is 1. The monoisotopic (exact) mass is 215 g/mol. The number of nitrogens with zero attached hydrogens (tertiary/aromatic N) is 2. The highest BCUT2D eigenvalue weighted by molar-refractivity contribution is 5.85. The number of halogens is 1. The average Bonchev–Trinajstić information content (AvgIpc) is 2.63. The third kappa shape index (κ3) is 1.77. The molecule has 1 aromatic heterocycles. The van der Waals surface area contributed by atoms with Crippen molar-refractivity contribution in [1.82, 2.24) is 9.97 Å². The van der Waals surface area contributed by atoms with Gasteiger partial charge in [-0.2, -0.15) is 0 Å². The van der Waals surface area contributed by atoms with E-state index in [9.17, 15) is 4.79 Å². The zero-order valence-electron chi connectivity index (χ0n) is 7.61. The molecule has 0 saturated carbocycles. The molecule has 1 N–H and O–H groups in total. The number of ether oxygens (including phenoxy) is 1. The Balaban J connectivity index is 0.000000980. The number of nitrogens with one attached hydrogen (secondary N) is 1.